The summed E-state index contributed by atoms with van der Waals surface area (Å²) in [4.78, 5) is 2.95. The molecule has 1 heterocycles. The number of hydrogen-bond donors (Lipinski definition) is 1. The smallest absolute Gasteiger partial charge is 0.393 e. The lowest BCUT2D eigenvalue weighted by Crippen LogP contribution is -2.11. The summed E-state index contributed by atoms with van der Waals surface area (Å²) in [6, 6.07) is 5.07. The van der Waals surface area contributed by atoms with Gasteiger partial charge in [0.1, 0.15) is 5.75 Å². The Kier molecular flexibility index (Phi) is 2.77. The monoisotopic (exact) mass is 243 g/mol. The molecule has 0 radical (unpaired) electrons. The van der Waals surface area contributed by atoms with Crippen LogP contribution in [0.15, 0.2) is 18.2 Å². The average Bonchev–Trinajstić information content (AvgIpc) is 2.53. The molecule has 0 aliphatic carbocycles. The fourth-order valence-corrected chi connectivity index (χ4v) is 1.92. The Morgan fingerprint density at radius 1 is 1.29 bits per heavy atom. The number of halogens is 3. The van der Waals surface area contributed by atoms with Crippen LogP contribution >= 0.6 is 0 Å². The summed E-state index contributed by atoms with van der Waals surface area (Å²) < 4.78 is 42.4. The van der Waals surface area contributed by atoms with E-state index in [1.807, 2.05) is 0 Å². The van der Waals surface area contributed by atoms with Crippen LogP contribution in [0.5, 0.6) is 5.75 Å². The molecule has 92 valence electrons. The van der Waals surface area contributed by atoms with Crippen molar-refractivity contribution in [3.63, 3.8) is 0 Å². The zero-order valence-electron chi connectivity index (χ0n) is 9.48. The van der Waals surface area contributed by atoms with Crippen LogP contribution in [-0.4, -0.2) is 18.3 Å². The Balaban J connectivity index is 2.56. The van der Waals surface area contributed by atoms with Crippen molar-refractivity contribution in [1.82, 2.24) is 4.98 Å². The van der Waals surface area contributed by atoms with Crippen LogP contribution in [0.25, 0.3) is 10.9 Å². The first kappa shape index (κ1) is 11.8. The number of fused-ring (bicyclic) bond motifs is 1. The molecule has 0 saturated carbocycles. The van der Waals surface area contributed by atoms with Gasteiger partial charge in [0.2, 0.25) is 0 Å². The lowest BCUT2D eigenvalue weighted by molar-refractivity contribution is -0.127. The molecule has 17 heavy (non-hydrogen) atoms. The van der Waals surface area contributed by atoms with E-state index in [0.29, 0.717) is 22.3 Å². The number of ether oxygens (including phenoxy) is 1. The van der Waals surface area contributed by atoms with Gasteiger partial charge in [0.05, 0.1) is 13.5 Å². The highest BCUT2D eigenvalue weighted by atomic mass is 19.4. The Morgan fingerprint density at radius 3 is 2.59 bits per heavy atom. The molecule has 0 amide bonds. The van der Waals surface area contributed by atoms with Crippen LogP contribution in [-0.2, 0) is 6.42 Å². The molecule has 1 aromatic heterocycles. The van der Waals surface area contributed by atoms with Gasteiger partial charge in [-0.05, 0) is 30.7 Å². The summed E-state index contributed by atoms with van der Waals surface area (Å²) in [6.07, 6.45) is -5.13. The van der Waals surface area contributed by atoms with E-state index in [-0.39, 0.29) is 5.56 Å². The Labute approximate surface area is 96.4 Å². The first-order chi connectivity index (χ1) is 7.90. The minimum Gasteiger partial charge on any atom is -0.497 e. The van der Waals surface area contributed by atoms with E-state index in [9.17, 15) is 13.2 Å². The summed E-state index contributed by atoms with van der Waals surface area (Å²) in [7, 11) is 1.49. The lowest BCUT2D eigenvalue weighted by Gasteiger charge is -2.06. The fraction of sp³-hybridized carbons (Fsp3) is 0.333. The summed E-state index contributed by atoms with van der Waals surface area (Å²) >= 11 is 0. The summed E-state index contributed by atoms with van der Waals surface area (Å²) in [5.41, 5.74) is 1.53. The SMILES string of the molecule is COc1ccc2[nH]c(C)c(CC(F)(F)F)c2c1. The first-order valence-electron chi connectivity index (χ1n) is 5.12. The molecule has 0 unspecified atom stereocenters. The number of alkyl halides is 3. The predicted octanol–water partition coefficient (Wildman–Crippen LogP) is 3.59. The van der Waals surface area contributed by atoms with E-state index in [4.69, 9.17) is 4.74 Å². The maximum absolute atomic E-state index is 12.5. The number of aryl methyl sites for hydroxylation is 1. The van der Waals surface area contributed by atoms with Crippen molar-refractivity contribution in [3.8, 4) is 5.75 Å². The number of rotatable bonds is 2. The Hall–Kier alpha value is -1.65. The zero-order chi connectivity index (χ0) is 12.6. The largest absolute Gasteiger partial charge is 0.497 e. The number of H-pyrrole nitrogens is 1. The third-order valence-electron chi connectivity index (χ3n) is 2.70. The molecule has 0 aliphatic rings. The minimum atomic E-state index is -4.21. The third-order valence-corrected chi connectivity index (χ3v) is 2.70. The summed E-state index contributed by atoms with van der Waals surface area (Å²) in [5, 5.41) is 0.569. The molecule has 0 saturated heterocycles. The highest BCUT2D eigenvalue weighted by Gasteiger charge is 2.30. The summed E-state index contributed by atoms with van der Waals surface area (Å²) in [5.74, 6) is 0.555. The minimum absolute atomic E-state index is 0.284. The van der Waals surface area contributed by atoms with Crippen LogP contribution in [0.2, 0.25) is 0 Å². The van der Waals surface area contributed by atoms with E-state index >= 15 is 0 Å². The highest BCUT2D eigenvalue weighted by molar-refractivity contribution is 5.86. The first-order valence-corrected chi connectivity index (χ1v) is 5.12. The second kappa shape index (κ2) is 3.98. The molecule has 0 aliphatic heterocycles. The van der Waals surface area contributed by atoms with E-state index in [1.54, 1.807) is 25.1 Å². The molecule has 2 aromatic rings. The van der Waals surface area contributed by atoms with Crippen molar-refractivity contribution in [2.75, 3.05) is 7.11 Å². The molecule has 0 fully saturated rings. The number of aromatic nitrogens is 1. The highest BCUT2D eigenvalue weighted by Crippen LogP contribution is 2.31. The quantitative estimate of drug-likeness (QED) is 0.856. The molecule has 2 nitrogen and oxygen atoms in total. The second-order valence-electron chi connectivity index (χ2n) is 3.93. The predicted molar refractivity (Wildman–Crippen MR) is 59.3 cm³/mol. The number of methoxy groups -OCH3 is 1. The number of aromatic amines is 1. The van der Waals surface area contributed by atoms with Gasteiger partial charge >= 0.3 is 6.18 Å². The van der Waals surface area contributed by atoms with Gasteiger partial charge in [-0.1, -0.05) is 0 Å². The van der Waals surface area contributed by atoms with Crippen LogP contribution in [0, 0.1) is 6.92 Å². The fourth-order valence-electron chi connectivity index (χ4n) is 1.92. The van der Waals surface area contributed by atoms with E-state index < -0.39 is 12.6 Å². The van der Waals surface area contributed by atoms with Crippen molar-refractivity contribution in [2.45, 2.75) is 19.5 Å². The van der Waals surface area contributed by atoms with Crippen molar-refractivity contribution in [1.29, 1.82) is 0 Å². The van der Waals surface area contributed by atoms with Crippen molar-refractivity contribution in [3.05, 3.63) is 29.5 Å². The van der Waals surface area contributed by atoms with Gasteiger partial charge in [0, 0.05) is 16.6 Å². The van der Waals surface area contributed by atoms with Gasteiger partial charge in [0.25, 0.3) is 0 Å². The molecule has 2 rings (SSSR count). The van der Waals surface area contributed by atoms with Gasteiger partial charge in [0.15, 0.2) is 0 Å². The number of nitrogens with one attached hydrogen (secondary N) is 1. The lowest BCUT2D eigenvalue weighted by atomic mass is 10.1. The normalized spacial score (nSPS) is 12.1. The Bertz CT molecular complexity index is 542. The van der Waals surface area contributed by atoms with Crippen LogP contribution in [0.3, 0.4) is 0 Å². The van der Waals surface area contributed by atoms with Crippen molar-refractivity contribution < 1.29 is 17.9 Å². The van der Waals surface area contributed by atoms with Gasteiger partial charge in [-0.2, -0.15) is 13.2 Å². The molecule has 0 atom stereocenters. The maximum Gasteiger partial charge on any atom is 0.393 e. The van der Waals surface area contributed by atoms with Gasteiger partial charge in [-0.3, -0.25) is 0 Å². The molecular weight excluding hydrogens is 231 g/mol. The van der Waals surface area contributed by atoms with Gasteiger partial charge in [-0.25, -0.2) is 0 Å². The topological polar surface area (TPSA) is 25.0 Å². The van der Waals surface area contributed by atoms with Crippen molar-refractivity contribution >= 4 is 10.9 Å². The van der Waals surface area contributed by atoms with Crippen LogP contribution < -0.4 is 4.74 Å². The molecule has 1 N–H and O–H groups in total. The maximum atomic E-state index is 12.5. The van der Waals surface area contributed by atoms with E-state index in [0.717, 1.165) is 0 Å². The van der Waals surface area contributed by atoms with Crippen molar-refractivity contribution in [2.24, 2.45) is 0 Å². The van der Waals surface area contributed by atoms with Crippen LogP contribution in [0.1, 0.15) is 11.3 Å². The van der Waals surface area contributed by atoms with E-state index in [2.05, 4.69) is 4.98 Å². The average molecular weight is 243 g/mol. The van der Waals surface area contributed by atoms with E-state index in [1.165, 1.54) is 7.11 Å². The summed E-state index contributed by atoms with van der Waals surface area (Å²) in [6.45, 7) is 1.65. The zero-order valence-corrected chi connectivity index (χ0v) is 9.48. The van der Waals surface area contributed by atoms with Crippen LogP contribution in [0.4, 0.5) is 13.2 Å². The number of benzene rings is 1. The molecule has 0 spiro atoms. The molecule has 0 bridgehead atoms. The molecular formula is C12H12F3NO. The van der Waals surface area contributed by atoms with Gasteiger partial charge in [-0.15, -0.1) is 0 Å². The third kappa shape index (κ3) is 2.38. The van der Waals surface area contributed by atoms with Gasteiger partial charge < -0.3 is 9.72 Å². The Morgan fingerprint density at radius 2 is 2.00 bits per heavy atom. The standard InChI is InChI=1S/C12H12F3NO/c1-7-10(6-12(13,14)15)9-5-8(17-2)3-4-11(9)16-7/h3-5,16H,6H2,1-2H3. The number of hydrogen-bond acceptors (Lipinski definition) is 1. The molecule has 5 heteroatoms. The molecule has 1 aromatic carbocycles. The second-order valence-corrected chi connectivity index (χ2v) is 3.93.